The summed E-state index contributed by atoms with van der Waals surface area (Å²) in [5.74, 6) is 0. The van der Waals surface area contributed by atoms with Crippen LogP contribution in [0, 0.1) is 11.3 Å². The molecule has 0 fully saturated rings. The predicted octanol–water partition coefficient (Wildman–Crippen LogP) is 2.19. The fraction of sp³-hybridized carbons (Fsp3) is 0.0909. The normalized spacial score (nSPS) is 10.1. The third kappa shape index (κ3) is 1.62. The minimum atomic E-state index is 0.497. The van der Waals surface area contributed by atoms with Crippen LogP contribution in [0.2, 0.25) is 5.02 Å². The number of halogens is 1. The van der Waals surface area contributed by atoms with Gasteiger partial charge in [0.05, 0.1) is 17.5 Å². The van der Waals surface area contributed by atoms with Gasteiger partial charge in [0, 0.05) is 23.3 Å². The van der Waals surface area contributed by atoms with E-state index in [2.05, 4.69) is 11.2 Å². The van der Waals surface area contributed by atoms with Gasteiger partial charge in [-0.05, 0) is 18.2 Å². The van der Waals surface area contributed by atoms with Crippen LogP contribution in [0.5, 0.6) is 0 Å². The van der Waals surface area contributed by atoms with Gasteiger partial charge in [-0.2, -0.15) is 10.4 Å². The molecule has 1 heterocycles. The first-order valence-electron chi connectivity index (χ1n) is 4.61. The first kappa shape index (κ1) is 10.5. The molecule has 2 rings (SSSR count). The van der Waals surface area contributed by atoms with E-state index < -0.39 is 0 Å². The van der Waals surface area contributed by atoms with Gasteiger partial charge in [0.2, 0.25) is 0 Å². The Kier molecular flexibility index (Phi) is 2.55. The van der Waals surface area contributed by atoms with Gasteiger partial charge in [-0.3, -0.25) is 4.68 Å². The van der Waals surface area contributed by atoms with Crippen molar-refractivity contribution < 1.29 is 0 Å². The van der Waals surface area contributed by atoms with Gasteiger partial charge in [0.15, 0.2) is 0 Å². The molecule has 0 unspecified atom stereocenters. The Labute approximate surface area is 97.9 Å². The molecule has 16 heavy (non-hydrogen) atoms. The molecule has 1 aromatic carbocycles. The lowest BCUT2D eigenvalue weighted by Gasteiger charge is -2.06. The summed E-state index contributed by atoms with van der Waals surface area (Å²) in [4.78, 5) is 0. The van der Waals surface area contributed by atoms with E-state index in [-0.39, 0.29) is 0 Å². The average molecular weight is 233 g/mol. The summed E-state index contributed by atoms with van der Waals surface area (Å²) in [6, 6.07) is 7.27. The van der Waals surface area contributed by atoms with Gasteiger partial charge in [0.25, 0.3) is 0 Å². The van der Waals surface area contributed by atoms with E-state index in [1.54, 1.807) is 29.9 Å². The molecule has 0 aliphatic heterocycles. The van der Waals surface area contributed by atoms with Crippen molar-refractivity contribution in [3.05, 3.63) is 35.0 Å². The number of hydrogen-bond donors (Lipinski definition) is 1. The third-order valence-electron chi connectivity index (χ3n) is 2.33. The number of rotatable bonds is 1. The van der Waals surface area contributed by atoms with Crippen LogP contribution < -0.4 is 5.73 Å². The van der Waals surface area contributed by atoms with Crippen LogP contribution in [-0.2, 0) is 7.05 Å². The van der Waals surface area contributed by atoms with Crippen LogP contribution in [0.4, 0.5) is 5.69 Å². The molecule has 0 saturated heterocycles. The standard InChI is InChI=1S/C11H9ClN4/c1-16-11(7(5-13)6-15-16)9-3-2-8(12)4-10(9)14/h2-4,6H,14H2,1H3. The number of anilines is 1. The Balaban J connectivity index is 2.68. The van der Waals surface area contributed by atoms with Crippen molar-refractivity contribution in [2.45, 2.75) is 0 Å². The van der Waals surface area contributed by atoms with E-state index in [0.717, 1.165) is 5.56 Å². The number of aromatic nitrogens is 2. The fourth-order valence-electron chi connectivity index (χ4n) is 1.59. The Hall–Kier alpha value is -1.99. The van der Waals surface area contributed by atoms with E-state index in [1.807, 2.05) is 0 Å². The first-order chi connectivity index (χ1) is 7.63. The lowest BCUT2D eigenvalue weighted by molar-refractivity contribution is 0.776. The highest BCUT2D eigenvalue weighted by Gasteiger charge is 2.13. The molecule has 4 nitrogen and oxygen atoms in total. The van der Waals surface area contributed by atoms with Crippen molar-refractivity contribution in [2.75, 3.05) is 5.73 Å². The summed E-state index contributed by atoms with van der Waals surface area (Å²) in [7, 11) is 1.77. The molecule has 0 bridgehead atoms. The molecule has 0 radical (unpaired) electrons. The Morgan fingerprint density at radius 1 is 1.50 bits per heavy atom. The van der Waals surface area contributed by atoms with Crippen LogP contribution in [-0.4, -0.2) is 9.78 Å². The minimum absolute atomic E-state index is 0.497. The maximum atomic E-state index is 8.97. The fourth-order valence-corrected chi connectivity index (χ4v) is 1.77. The summed E-state index contributed by atoms with van der Waals surface area (Å²) >= 11 is 5.82. The van der Waals surface area contributed by atoms with E-state index in [1.165, 1.54) is 6.20 Å². The Morgan fingerprint density at radius 2 is 2.25 bits per heavy atom. The highest BCUT2D eigenvalue weighted by Crippen LogP contribution is 2.30. The molecule has 0 saturated carbocycles. The smallest absolute Gasteiger partial charge is 0.103 e. The molecular weight excluding hydrogens is 224 g/mol. The van der Waals surface area contributed by atoms with E-state index in [4.69, 9.17) is 22.6 Å². The van der Waals surface area contributed by atoms with Gasteiger partial charge in [0.1, 0.15) is 6.07 Å². The van der Waals surface area contributed by atoms with Gasteiger partial charge in [-0.1, -0.05) is 11.6 Å². The van der Waals surface area contributed by atoms with Gasteiger partial charge in [-0.25, -0.2) is 0 Å². The topological polar surface area (TPSA) is 67.6 Å². The Morgan fingerprint density at radius 3 is 2.88 bits per heavy atom. The number of benzene rings is 1. The highest BCUT2D eigenvalue weighted by molar-refractivity contribution is 6.31. The summed E-state index contributed by atoms with van der Waals surface area (Å²) in [6.45, 7) is 0. The molecule has 0 aliphatic carbocycles. The number of aryl methyl sites for hydroxylation is 1. The van der Waals surface area contributed by atoms with Crippen LogP contribution in [0.25, 0.3) is 11.3 Å². The SMILES string of the molecule is Cn1ncc(C#N)c1-c1ccc(Cl)cc1N. The van der Waals surface area contributed by atoms with Crippen LogP contribution >= 0.6 is 11.6 Å². The zero-order chi connectivity index (χ0) is 11.7. The van der Waals surface area contributed by atoms with Crippen LogP contribution in [0.3, 0.4) is 0 Å². The predicted molar refractivity (Wildman–Crippen MR) is 62.8 cm³/mol. The summed E-state index contributed by atoms with van der Waals surface area (Å²) < 4.78 is 1.62. The van der Waals surface area contributed by atoms with Crippen molar-refractivity contribution in [3.8, 4) is 17.3 Å². The number of nitrogens with two attached hydrogens (primary N) is 1. The third-order valence-corrected chi connectivity index (χ3v) is 2.56. The molecular formula is C11H9ClN4. The van der Waals surface area contributed by atoms with E-state index in [0.29, 0.717) is 22.0 Å². The second-order valence-corrected chi connectivity index (χ2v) is 3.81. The number of hydrogen-bond acceptors (Lipinski definition) is 3. The van der Waals surface area contributed by atoms with Crippen LogP contribution in [0.1, 0.15) is 5.56 Å². The van der Waals surface area contributed by atoms with Crippen molar-refractivity contribution in [2.24, 2.45) is 7.05 Å². The maximum Gasteiger partial charge on any atom is 0.103 e. The molecule has 2 N–H and O–H groups in total. The minimum Gasteiger partial charge on any atom is -0.398 e. The summed E-state index contributed by atoms with van der Waals surface area (Å²) in [5.41, 5.74) is 8.37. The average Bonchev–Trinajstić information content (AvgIpc) is 2.60. The van der Waals surface area contributed by atoms with Gasteiger partial charge in [-0.15, -0.1) is 0 Å². The molecule has 0 spiro atoms. The quantitative estimate of drug-likeness (QED) is 0.767. The second kappa shape index (κ2) is 3.87. The number of nitrogens with zero attached hydrogens (tertiary/aromatic N) is 3. The molecule has 0 atom stereocenters. The van der Waals surface area contributed by atoms with Gasteiger partial charge >= 0.3 is 0 Å². The van der Waals surface area contributed by atoms with Gasteiger partial charge < -0.3 is 5.73 Å². The van der Waals surface area contributed by atoms with Crippen molar-refractivity contribution in [1.29, 1.82) is 5.26 Å². The second-order valence-electron chi connectivity index (χ2n) is 3.37. The van der Waals surface area contributed by atoms with Crippen molar-refractivity contribution >= 4 is 17.3 Å². The molecule has 0 amide bonds. The molecule has 0 aliphatic rings. The number of nitriles is 1. The lowest BCUT2D eigenvalue weighted by atomic mass is 10.1. The summed E-state index contributed by atoms with van der Waals surface area (Å²) in [6.07, 6.45) is 1.52. The summed E-state index contributed by atoms with van der Waals surface area (Å²) in [5, 5.41) is 13.6. The highest BCUT2D eigenvalue weighted by atomic mass is 35.5. The van der Waals surface area contributed by atoms with Crippen molar-refractivity contribution in [1.82, 2.24) is 9.78 Å². The monoisotopic (exact) mass is 232 g/mol. The van der Waals surface area contributed by atoms with Crippen LogP contribution in [0.15, 0.2) is 24.4 Å². The first-order valence-corrected chi connectivity index (χ1v) is 4.98. The van der Waals surface area contributed by atoms with E-state index in [9.17, 15) is 0 Å². The lowest BCUT2D eigenvalue weighted by Crippen LogP contribution is -1.98. The molecule has 1 aromatic heterocycles. The zero-order valence-electron chi connectivity index (χ0n) is 8.61. The maximum absolute atomic E-state index is 8.97. The molecule has 80 valence electrons. The molecule has 5 heteroatoms. The van der Waals surface area contributed by atoms with Crippen molar-refractivity contribution in [3.63, 3.8) is 0 Å². The Bertz CT molecular complexity index is 580. The zero-order valence-corrected chi connectivity index (χ0v) is 9.36. The van der Waals surface area contributed by atoms with E-state index >= 15 is 0 Å². The largest absolute Gasteiger partial charge is 0.398 e. The number of nitrogen functional groups attached to an aromatic ring is 1. The molecule has 2 aromatic rings.